The number of nitrogens with zero attached hydrogens (tertiary/aromatic N) is 1. The average molecular weight is 541 g/mol. The second-order valence-electron chi connectivity index (χ2n) is 9.37. The van der Waals surface area contributed by atoms with Crippen LogP contribution in [-0.2, 0) is 16.0 Å². The van der Waals surface area contributed by atoms with E-state index < -0.39 is 12.1 Å². The average Bonchev–Trinajstić information content (AvgIpc) is 2.98. The Labute approximate surface area is 235 Å². The minimum absolute atomic E-state index is 0.159. The maximum Gasteiger partial charge on any atom is 0.333 e. The SMILES string of the molecule is CC(N)c1ccccc1.CCO[C@@H](Cc1ccc(OCCN2c3ccccc3Oc3ccccc32)cc1)C(=O)O. The zero-order chi connectivity index (χ0) is 28.3. The zero-order valence-corrected chi connectivity index (χ0v) is 22.9. The molecule has 2 atom stereocenters. The van der Waals surface area contributed by atoms with Crippen molar-refractivity contribution in [3.63, 3.8) is 0 Å². The molecule has 7 nitrogen and oxygen atoms in total. The fourth-order valence-corrected chi connectivity index (χ4v) is 4.39. The Bertz CT molecular complexity index is 1310. The molecule has 0 saturated carbocycles. The van der Waals surface area contributed by atoms with Crippen molar-refractivity contribution in [3.8, 4) is 17.2 Å². The van der Waals surface area contributed by atoms with Crippen molar-refractivity contribution in [3.05, 3.63) is 114 Å². The third-order valence-electron chi connectivity index (χ3n) is 6.43. The summed E-state index contributed by atoms with van der Waals surface area (Å²) in [4.78, 5) is 13.5. The Morgan fingerprint density at radius 3 is 1.98 bits per heavy atom. The first-order valence-electron chi connectivity index (χ1n) is 13.5. The molecule has 0 aromatic heterocycles. The van der Waals surface area contributed by atoms with Crippen LogP contribution in [0.1, 0.15) is 31.0 Å². The minimum Gasteiger partial charge on any atom is -0.492 e. The maximum absolute atomic E-state index is 11.3. The van der Waals surface area contributed by atoms with Crippen molar-refractivity contribution >= 4 is 17.3 Å². The molecular weight excluding hydrogens is 504 g/mol. The molecular formula is C33H36N2O5. The lowest BCUT2D eigenvalue weighted by atomic mass is 10.1. The van der Waals surface area contributed by atoms with Crippen molar-refractivity contribution in [2.75, 3.05) is 24.7 Å². The van der Waals surface area contributed by atoms with Crippen LogP contribution in [0.2, 0.25) is 0 Å². The number of carboxylic acid groups (broad SMARTS) is 1. The highest BCUT2D eigenvalue weighted by molar-refractivity contribution is 5.77. The lowest BCUT2D eigenvalue weighted by Gasteiger charge is -2.32. The van der Waals surface area contributed by atoms with E-state index in [1.165, 1.54) is 5.56 Å². The Morgan fingerprint density at radius 2 is 1.45 bits per heavy atom. The summed E-state index contributed by atoms with van der Waals surface area (Å²) in [6, 6.07) is 33.6. The topological polar surface area (TPSA) is 94.3 Å². The molecule has 5 rings (SSSR count). The van der Waals surface area contributed by atoms with Gasteiger partial charge >= 0.3 is 5.97 Å². The highest BCUT2D eigenvalue weighted by atomic mass is 16.5. The van der Waals surface area contributed by atoms with E-state index in [1.54, 1.807) is 6.92 Å². The van der Waals surface area contributed by atoms with E-state index in [9.17, 15) is 9.90 Å². The van der Waals surface area contributed by atoms with E-state index in [2.05, 4.69) is 4.90 Å². The van der Waals surface area contributed by atoms with Gasteiger partial charge in [0.05, 0.1) is 17.9 Å². The largest absolute Gasteiger partial charge is 0.492 e. The van der Waals surface area contributed by atoms with Crippen molar-refractivity contribution in [1.29, 1.82) is 0 Å². The van der Waals surface area contributed by atoms with Crippen LogP contribution in [0.3, 0.4) is 0 Å². The summed E-state index contributed by atoms with van der Waals surface area (Å²) in [5, 5.41) is 9.24. The van der Waals surface area contributed by atoms with Gasteiger partial charge in [0, 0.05) is 19.1 Å². The van der Waals surface area contributed by atoms with Gasteiger partial charge in [0.1, 0.15) is 12.4 Å². The number of benzene rings is 4. The van der Waals surface area contributed by atoms with Gasteiger partial charge in [-0.3, -0.25) is 0 Å². The first-order valence-corrected chi connectivity index (χ1v) is 13.5. The third kappa shape index (κ3) is 7.62. The van der Waals surface area contributed by atoms with Gasteiger partial charge in [0.2, 0.25) is 0 Å². The van der Waals surface area contributed by atoms with Gasteiger partial charge in [0.25, 0.3) is 0 Å². The molecule has 7 heteroatoms. The first kappa shape index (κ1) is 28.7. The molecule has 1 unspecified atom stereocenters. The van der Waals surface area contributed by atoms with Gasteiger partial charge in [-0.2, -0.15) is 0 Å². The Hall–Kier alpha value is -4.33. The number of hydrogen-bond acceptors (Lipinski definition) is 6. The molecule has 0 spiro atoms. The number of rotatable bonds is 10. The lowest BCUT2D eigenvalue weighted by Crippen LogP contribution is -2.26. The molecule has 208 valence electrons. The van der Waals surface area contributed by atoms with Gasteiger partial charge in [-0.05, 0) is 61.4 Å². The number of fused-ring (bicyclic) bond motifs is 2. The highest BCUT2D eigenvalue weighted by Crippen LogP contribution is 2.45. The van der Waals surface area contributed by atoms with Crippen LogP contribution in [0.5, 0.6) is 17.2 Å². The van der Waals surface area contributed by atoms with Crippen LogP contribution in [0.4, 0.5) is 11.4 Å². The van der Waals surface area contributed by atoms with Crippen molar-refractivity contribution in [1.82, 2.24) is 0 Å². The number of ether oxygens (including phenoxy) is 3. The van der Waals surface area contributed by atoms with Crippen molar-refractivity contribution in [2.45, 2.75) is 32.4 Å². The Kier molecular flexibility index (Phi) is 10.2. The Morgan fingerprint density at radius 1 is 0.875 bits per heavy atom. The van der Waals surface area contributed by atoms with Gasteiger partial charge in [0.15, 0.2) is 17.6 Å². The van der Waals surface area contributed by atoms with E-state index in [1.807, 2.05) is 110 Å². The number of nitrogens with two attached hydrogens (primary N) is 1. The summed E-state index contributed by atoms with van der Waals surface area (Å²) in [6.45, 7) is 5.28. The second-order valence-corrected chi connectivity index (χ2v) is 9.37. The number of para-hydroxylation sites is 4. The zero-order valence-electron chi connectivity index (χ0n) is 22.9. The van der Waals surface area contributed by atoms with Crippen LogP contribution >= 0.6 is 0 Å². The standard InChI is InChI=1S/C25H25NO5.C8H11N/c1-2-29-24(25(27)28)17-18-11-13-19(14-12-18)30-16-15-26-20-7-3-5-9-22(20)31-23-10-6-4-8-21(23)26;1-7(9)8-5-3-2-4-6-8/h3-14,24H,2,15-17H2,1H3,(H,27,28);2-7H,9H2,1H3/t24-;/m0./s1. The van der Waals surface area contributed by atoms with Crippen LogP contribution in [-0.4, -0.2) is 36.9 Å². The van der Waals surface area contributed by atoms with Crippen molar-refractivity contribution in [2.24, 2.45) is 5.73 Å². The van der Waals surface area contributed by atoms with Crippen LogP contribution < -0.4 is 20.1 Å². The summed E-state index contributed by atoms with van der Waals surface area (Å²) in [5.41, 5.74) is 9.72. The van der Waals surface area contributed by atoms with Gasteiger partial charge in [-0.15, -0.1) is 0 Å². The third-order valence-corrected chi connectivity index (χ3v) is 6.43. The summed E-state index contributed by atoms with van der Waals surface area (Å²) in [5.74, 6) is 1.44. The molecule has 0 saturated heterocycles. The number of anilines is 2. The summed E-state index contributed by atoms with van der Waals surface area (Å²) in [7, 11) is 0. The smallest absolute Gasteiger partial charge is 0.333 e. The molecule has 4 aromatic carbocycles. The quantitative estimate of drug-likeness (QED) is 0.230. The van der Waals surface area contributed by atoms with Crippen molar-refractivity contribution < 1.29 is 24.1 Å². The van der Waals surface area contributed by atoms with E-state index >= 15 is 0 Å². The lowest BCUT2D eigenvalue weighted by molar-refractivity contribution is -0.149. The van der Waals surface area contributed by atoms with E-state index in [-0.39, 0.29) is 6.04 Å². The molecule has 0 bridgehead atoms. The predicted molar refractivity (Wildman–Crippen MR) is 158 cm³/mol. The first-order chi connectivity index (χ1) is 19.5. The second kappa shape index (κ2) is 14.2. The van der Waals surface area contributed by atoms with Gasteiger partial charge in [-0.25, -0.2) is 4.79 Å². The molecule has 0 aliphatic carbocycles. The molecule has 40 heavy (non-hydrogen) atoms. The highest BCUT2D eigenvalue weighted by Gasteiger charge is 2.23. The molecule has 0 amide bonds. The molecule has 4 aromatic rings. The van der Waals surface area contributed by atoms with E-state index in [4.69, 9.17) is 19.9 Å². The molecule has 1 aliphatic heterocycles. The summed E-state index contributed by atoms with van der Waals surface area (Å²) >= 11 is 0. The number of carbonyl (C=O) groups is 1. The molecule has 1 aliphatic rings. The number of aliphatic carboxylic acids is 1. The summed E-state index contributed by atoms with van der Waals surface area (Å²) in [6.07, 6.45) is -0.511. The van der Waals surface area contributed by atoms with Gasteiger partial charge in [-0.1, -0.05) is 66.7 Å². The fourth-order valence-electron chi connectivity index (χ4n) is 4.39. The molecule has 3 N–H and O–H groups in total. The van der Waals surface area contributed by atoms with Crippen LogP contribution in [0.25, 0.3) is 0 Å². The normalized spacial score (nSPS) is 13.0. The minimum atomic E-state index is -0.951. The van der Waals surface area contributed by atoms with Gasteiger partial charge < -0.3 is 30.0 Å². The fraction of sp³-hybridized carbons (Fsp3) is 0.242. The number of carboxylic acids is 1. The monoisotopic (exact) mass is 540 g/mol. The van der Waals surface area contributed by atoms with E-state index in [0.717, 1.165) is 34.2 Å². The molecule has 1 heterocycles. The number of hydrogen-bond donors (Lipinski definition) is 2. The molecule has 0 radical (unpaired) electrons. The molecule has 0 fully saturated rings. The summed E-state index contributed by atoms with van der Waals surface area (Å²) < 4.78 is 17.3. The maximum atomic E-state index is 11.3. The van der Waals surface area contributed by atoms with Crippen LogP contribution in [0.15, 0.2) is 103 Å². The Balaban J connectivity index is 0.000000350. The predicted octanol–water partition coefficient (Wildman–Crippen LogP) is 6.75. The van der Waals surface area contributed by atoms with E-state index in [0.29, 0.717) is 26.2 Å². The van der Waals surface area contributed by atoms with Crippen LogP contribution in [0, 0.1) is 0 Å².